The van der Waals surface area contributed by atoms with E-state index in [0.717, 1.165) is 11.8 Å². The van der Waals surface area contributed by atoms with Gasteiger partial charge in [0.25, 0.3) is 0 Å². The molecule has 3 N–H and O–H groups in total. The maximum atomic E-state index is 12.0. The Morgan fingerprint density at radius 3 is 3.05 bits per heavy atom. The van der Waals surface area contributed by atoms with E-state index >= 15 is 0 Å². The Bertz CT molecular complexity index is 600. The number of benzene rings is 1. The molecule has 0 aliphatic heterocycles. The van der Waals surface area contributed by atoms with Gasteiger partial charge >= 0.3 is 0 Å². The second kappa shape index (κ2) is 5.99. The van der Waals surface area contributed by atoms with E-state index in [0.29, 0.717) is 22.6 Å². The zero-order valence-electron chi connectivity index (χ0n) is 10.7. The van der Waals surface area contributed by atoms with Crippen LogP contribution in [0.2, 0.25) is 5.02 Å². The smallest absolute Gasteiger partial charge is 0.241 e. The van der Waals surface area contributed by atoms with Gasteiger partial charge in [-0.25, -0.2) is 0 Å². The Morgan fingerprint density at radius 1 is 1.53 bits per heavy atom. The number of nitrogens with zero attached hydrogens (tertiary/aromatic N) is 1. The predicted molar refractivity (Wildman–Crippen MR) is 78.3 cm³/mol. The molecule has 0 radical (unpaired) electrons. The molecule has 1 atom stereocenters. The van der Waals surface area contributed by atoms with Gasteiger partial charge in [0.15, 0.2) is 0 Å². The fourth-order valence-electron chi connectivity index (χ4n) is 1.92. The molecular weight excluding hydrogens is 262 g/mol. The van der Waals surface area contributed by atoms with E-state index in [1.807, 2.05) is 25.1 Å². The van der Waals surface area contributed by atoms with Gasteiger partial charge < -0.3 is 11.1 Å². The third-order valence-electron chi connectivity index (χ3n) is 2.86. The first kappa shape index (κ1) is 13.8. The van der Waals surface area contributed by atoms with Crippen LogP contribution in [-0.4, -0.2) is 16.9 Å². The third-order valence-corrected chi connectivity index (χ3v) is 3.08. The topological polar surface area (TPSA) is 68.0 Å². The van der Waals surface area contributed by atoms with Gasteiger partial charge in [-0.2, -0.15) is 0 Å². The minimum Gasteiger partial charge on any atom is -0.323 e. The van der Waals surface area contributed by atoms with Crippen molar-refractivity contribution in [3.05, 3.63) is 35.5 Å². The second-order valence-corrected chi connectivity index (χ2v) is 4.85. The molecule has 0 saturated carbocycles. The van der Waals surface area contributed by atoms with E-state index in [4.69, 9.17) is 17.3 Å². The summed E-state index contributed by atoms with van der Waals surface area (Å²) in [7, 11) is 0. The number of halogens is 1. The SMILES string of the molecule is CCC[C@H](N)C(=O)Nc1cc(Cl)cc2cccnc12. The van der Waals surface area contributed by atoms with Gasteiger partial charge in [0.1, 0.15) is 0 Å². The highest BCUT2D eigenvalue weighted by atomic mass is 35.5. The molecule has 2 rings (SSSR count). The average Bonchev–Trinajstić information content (AvgIpc) is 2.38. The number of anilines is 1. The number of amides is 1. The number of rotatable bonds is 4. The fourth-order valence-corrected chi connectivity index (χ4v) is 2.15. The zero-order valence-corrected chi connectivity index (χ0v) is 11.4. The molecule has 2 aromatic rings. The first-order valence-electron chi connectivity index (χ1n) is 6.22. The van der Waals surface area contributed by atoms with E-state index < -0.39 is 6.04 Å². The first-order valence-corrected chi connectivity index (χ1v) is 6.60. The summed E-state index contributed by atoms with van der Waals surface area (Å²) < 4.78 is 0. The Balaban J connectivity index is 2.32. The van der Waals surface area contributed by atoms with Crippen molar-refractivity contribution < 1.29 is 4.79 Å². The van der Waals surface area contributed by atoms with Crippen LogP contribution in [0.1, 0.15) is 19.8 Å². The Kier molecular flexibility index (Phi) is 4.35. The first-order chi connectivity index (χ1) is 9.11. The Labute approximate surface area is 117 Å². The summed E-state index contributed by atoms with van der Waals surface area (Å²) >= 11 is 6.04. The summed E-state index contributed by atoms with van der Waals surface area (Å²) in [6, 6.07) is 6.71. The van der Waals surface area contributed by atoms with Crippen molar-refractivity contribution >= 4 is 34.1 Å². The summed E-state index contributed by atoms with van der Waals surface area (Å²) in [5, 5.41) is 4.24. The van der Waals surface area contributed by atoms with E-state index in [-0.39, 0.29) is 5.91 Å². The normalized spacial score (nSPS) is 12.4. The lowest BCUT2D eigenvalue weighted by atomic mass is 10.1. The molecule has 19 heavy (non-hydrogen) atoms. The maximum Gasteiger partial charge on any atom is 0.241 e. The van der Waals surface area contributed by atoms with Crippen molar-refractivity contribution in [2.45, 2.75) is 25.8 Å². The Hall–Kier alpha value is -1.65. The highest BCUT2D eigenvalue weighted by molar-refractivity contribution is 6.32. The zero-order chi connectivity index (χ0) is 13.8. The highest BCUT2D eigenvalue weighted by Gasteiger charge is 2.14. The van der Waals surface area contributed by atoms with Crippen molar-refractivity contribution in [2.75, 3.05) is 5.32 Å². The van der Waals surface area contributed by atoms with Gasteiger partial charge in [0.2, 0.25) is 5.91 Å². The van der Waals surface area contributed by atoms with Crippen LogP contribution in [0.3, 0.4) is 0 Å². The number of carbonyl (C=O) groups excluding carboxylic acids is 1. The molecule has 0 aliphatic carbocycles. The molecule has 0 aliphatic rings. The van der Waals surface area contributed by atoms with E-state index in [1.165, 1.54) is 0 Å². The number of hydrogen-bond donors (Lipinski definition) is 2. The minimum atomic E-state index is -0.511. The molecule has 1 heterocycles. The number of fused-ring (bicyclic) bond motifs is 1. The molecule has 0 saturated heterocycles. The summed E-state index contributed by atoms with van der Waals surface area (Å²) in [6.07, 6.45) is 3.19. The number of nitrogens with two attached hydrogens (primary N) is 1. The van der Waals surface area contributed by atoms with Crippen LogP contribution < -0.4 is 11.1 Å². The van der Waals surface area contributed by atoms with Crippen LogP contribution in [0.5, 0.6) is 0 Å². The minimum absolute atomic E-state index is 0.212. The number of hydrogen-bond acceptors (Lipinski definition) is 3. The summed E-state index contributed by atoms with van der Waals surface area (Å²) in [4.78, 5) is 16.2. The summed E-state index contributed by atoms with van der Waals surface area (Å²) in [5.41, 5.74) is 7.10. The van der Waals surface area contributed by atoms with E-state index in [1.54, 1.807) is 12.3 Å². The number of nitrogens with one attached hydrogen (secondary N) is 1. The van der Waals surface area contributed by atoms with Crippen molar-refractivity contribution in [3.63, 3.8) is 0 Å². The van der Waals surface area contributed by atoms with Crippen LogP contribution in [0.4, 0.5) is 5.69 Å². The van der Waals surface area contributed by atoms with Crippen molar-refractivity contribution in [2.24, 2.45) is 5.73 Å². The molecule has 0 unspecified atom stereocenters. The van der Waals surface area contributed by atoms with Gasteiger partial charge in [-0.15, -0.1) is 0 Å². The van der Waals surface area contributed by atoms with Crippen molar-refractivity contribution in [1.29, 1.82) is 0 Å². The van der Waals surface area contributed by atoms with Gasteiger partial charge in [-0.3, -0.25) is 9.78 Å². The molecule has 1 aromatic carbocycles. The predicted octanol–water partition coefficient (Wildman–Crippen LogP) is 2.95. The molecule has 1 aromatic heterocycles. The highest BCUT2D eigenvalue weighted by Crippen LogP contribution is 2.26. The van der Waals surface area contributed by atoms with Crippen LogP contribution in [0.25, 0.3) is 10.9 Å². The monoisotopic (exact) mass is 277 g/mol. The summed E-state index contributed by atoms with van der Waals surface area (Å²) in [5.74, 6) is -0.212. The summed E-state index contributed by atoms with van der Waals surface area (Å²) in [6.45, 7) is 1.99. The average molecular weight is 278 g/mol. The van der Waals surface area contributed by atoms with Gasteiger partial charge in [0, 0.05) is 16.6 Å². The molecule has 0 fully saturated rings. The molecule has 1 amide bonds. The van der Waals surface area contributed by atoms with E-state index in [9.17, 15) is 4.79 Å². The largest absolute Gasteiger partial charge is 0.323 e. The van der Waals surface area contributed by atoms with Crippen LogP contribution in [0.15, 0.2) is 30.5 Å². The van der Waals surface area contributed by atoms with E-state index in [2.05, 4.69) is 10.3 Å². The number of carbonyl (C=O) groups is 1. The molecule has 5 heteroatoms. The third kappa shape index (κ3) is 3.22. The van der Waals surface area contributed by atoms with Gasteiger partial charge in [0.05, 0.1) is 17.2 Å². The van der Waals surface area contributed by atoms with Gasteiger partial charge in [-0.1, -0.05) is 31.0 Å². The lowest BCUT2D eigenvalue weighted by Crippen LogP contribution is -2.35. The maximum absolute atomic E-state index is 12.0. The fraction of sp³-hybridized carbons (Fsp3) is 0.286. The van der Waals surface area contributed by atoms with Crippen LogP contribution in [0, 0.1) is 0 Å². The Morgan fingerprint density at radius 2 is 2.32 bits per heavy atom. The van der Waals surface area contributed by atoms with Crippen molar-refractivity contribution in [3.8, 4) is 0 Å². The molecule has 4 nitrogen and oxygen atoms in total. The van der Waals surface area contributed by atoms with Crippen molar-refractivity contribution in [1.82, 2.24) is 4.98 Å². The second-order valence-electron chi connectivity index (χ2n) is 4.41. The standard InChI is InChI=1S/C14H16ClN3O/c1-2-4-11(16)14(19)18-12-8-10(15)7-9-5-3-6-17-13(9)12/h3,5-8,11H,2,4,16H2,1H3,(H,18,19)/t11-/m0/s1. The molecule has 100 valence electrons. The van der Waals surface area contributed by atoms with Crippen LogP contribution >= 0.6 is 11.6 Å². The van der Waals surface area contributed by atoms with Gasteiger partial charge in [-0.05, 0) is 24.6 Å². The molecule has 0 bridgehead atoms. The lowest BCUT2D eigenvalue weighted by molar-refractivity contribution is -0.117. The quantitative estimate of drug-likeness (QED) is 0.903. The van der Waals surface area contributed by atoms with Crippen LogP contribution in [-0.2, 0) is 4.79 Å². The number of pyridine rings is 1. The lowest BCUT2D eigenvalue weighted by Gasteiger charge is -2.13. The molecular formula is C14H16ClN3O. The molecule has 0 spiro atoms. The number of aromatic nitrogens is 1.